The largest absolute Gasteiger partial charge is 0.456 e. The van der Waals surface area contributed by atoms with Gasteiger partial charge in [0.05, 0.1) is 16.8 Å². The lowest BCUT2D eigenvalue weighted by Crippen LogP contribution is -2.61. The van der Waals surface area contributed by atoms with E-state index in [2.05, 4.69) is 193 Å². The first-order valence-electron chi connectivity index (χ1n) is 27.0. The van der Waals surface area contributed by atoms with Crippen molar-refractivity contribution < 1.29 is 4.42 Å². The van der Waals surface area contributed by atoms with Gasteiger partial charge in [0.15, 0.2) is 0 Å². The van der Waals surface area contributed by atoms with Crippen LogP contribution < -0.4 is 26.2 Å². The van der Waals surface area contributed by atoms with Crippen LogP contribution in [0, 0.1) is 6.92 Å². The molecule has 3 heterocycles. The van der Waals surface area contributed by atoms with Crippen molar-refractivity contribution in [2.45, 2.75) is 151 Å². The van der Waals surface area contributed by atoms with Crippen LogP contribution in [-0.4, -0.2) is 6.71 Å². The van der Waals surface area contributed by atoms with Gasteiger partial charge in [-0.2, -0.15) is 0 Å². The van der Waals surface area contributed by atoms with Crippen LogP contribution in [0.2, 0.25) is 0 Å². The van der Waals surface area contributed by atoms with Gasteiger partial charge in [-0.3, -0.25) is 0 Å². The highest BCUT2D eigenvalue weighted by Gasteiger charge is 2.45. The molecular weight excluding hydrogens is 836 g/mol. The minimum atomic E-state index is 0.00883. The van der Waals surface area contributed by atoms with Gasteiger partial charge in [-0.15, -0.1) is 0 Å². The molecule has 4 heteroatoms. The molecule has 0 spiro atoms. The van der Waals surface area contributed by atoms with Crippen LogP contribution >= 0.6 is 0 Å². The normalized spacial score (nSPS) is 13.8. The molecule has 1 aromatic heterocycles. The number of unbranched alkanes of at least 4 members (excludes halogenated alkanes) is 3. The fourth-order valence-electron chi connectivity index (χ4n) is 11.9. The molecule has 0 fully saturated rings. The Morgan fingerprint density at radius 1 is 0.536 bits per heavy atom. The van der Waals surface area contributed by atoms with Gasteiger partial charge in [0.1, 0.15) is 11.2 Å². The molecule has 2 aliphatic heterocycles. The first-order valence-corrected chi connectivity index (χ1v) is 27.0. The van der Waals surface area contributed by atoms with Crippen LogP contribution in [-0.2, 0) is 19.3 Å². The van der Waals surface area contributed by atoms with Crippen molar-refractivity contribution in [3.63, 3.8) is 0 Å². The topological polar surface area (TPSA) is 19.6 Å². The van der Waals surface area contributed by atoms with Crippen LogP contribution in [0.3, 0.4) is 0 Å². The maximum Gasteiger partial charge on any atom is 0.252 e. The van der Waals surface area contributed by atoms with Gasteiger partial charge in [-0.25, -0.2) is 0 Å². The molecule has 8 aromatic rings. The summed E-state index contributed by atoms with van der Waals surface area (Å²) in [6.45, 7) is 18.6. The summed E-state index contributed by atoms with van der Waals surface area (Å²) < 4.78 is 6.84. The van der Waals surface area contributed by atoms with E-state index in [4.69, 9.17) is 4.42 Å². The second-order valence-electron chi connectivity index (χ2n) is 20.6. The van der Waals surface area contributed by atoms with Crippen molar-refractivity contribution in [3.8, 4) is 11.1 Å². The number of anilines is 6. The molecule has 69 heavy (non-hydrogen) atoms. The van der Waals surface area contributed by atoms with Gasteiger partial charge in [0, 0.05) is 33.7 Å². The van der Waals surface area contributed by atoms with Crippen molar-refractivity contribution in [2.75, 3.05) is 9.80 Å². The predicted octanol–water partition coefficient (Wildman–Crippen LogP) is 17.5. The molecule has 0 saturated heterocycles. The Morgan fingerprint density at radius 3 is 1.93 bits per heavy atom. The molecule has 2 unspecified atom stereocenters. The van der Waals surface area contributed by atoms with E-state index in [-0.39, 0.29) is 6.71 Å². The molecule has 0 aliphatic carbocycles. The zero-order valence-corrected chi connectivity index (χ0v) is 42.9. The summed E-state index contributed by atoms with van der Waals surface area (Å²) in [5.41, 5.74) is 24.3. The number of aryl methyl sites for hydroxylation is 4. The second-order valence-corrected chi connectivity index (χ2v) is 20.6. The molecule has 2 aliphatic rings. The summed E-state index contributed by atoms with van der Waals surface area (Å²) >= 11 is 0. The molecule has 352 valence electrons. The number of rotatable bonds is 18. The van der Waals surface area contributed by atoms with Gasteiger partial charge in [-0.05, 0) is 181 Å². The Morgan fingerprint density at radius 2 is 1.22 bits per heavy atom. The van der Waals surface area contributed by atoms with Crippen LogP contribution in [0.4, 0.5) is 34.1 Å². The average Bonchev–Trinajstić information content (AvgIpc) is 3.76. The monoisotopic (exact) mass is 909 g/mol. The average molecular weight is 909 g/mol. The maximum absolute atomic E-state index is 6.84. The van der Waals surface area contributed by atoms with Gasteiger partial charge < -0.3 is 14.2 Å². The number of furan rings is 1. The third kappa shape index (κ3) is 8.61. The van der Waals surface area contributed by atoms with Gasteiger partial charge in [0.2, 0.25) is 0 Å². The van der Waals surface area contributed by atoms with E-state index in [1.807, 2.05) is 0 Å². The zero-order chi connectivity index (χ0) is 47.8. The zero-order valence-electron chi connectivity index (χ0n) is 42.9. The van der Waals surface area contributed by atoms with Gasteiger partial charge in [-0.1, -0.05) is 153 Å². The molecule has 2 atom stereocenters. The minimum absolute atomic E-state index is 0.00883. The highest BCUT2D eigenvalue weighted by atomic mass is 16.3. The maximum atomic E-state index is 6.84. The fourth-order valence-corrected chi connectivity index (χ4v) is 11.9. The Balaban J connectivity index is 1.29. The van der Waals surface area contributed by atoms with Crippen molar-refractivity contribution in [2.24, 2.45) is 0 Å². The van der Waals surface area contributed by atoms with E-state index in [1.165, 1.54) is 157 Å². The Kier molecular flexibility index (Phi) is 13.6. The SMILES string of the molecule is CCCCc1ccc(-c2cc(CCCC)ccc2N2c3ccc(C)cc3B3c4ccc5oc6ccc(CC)cc6c5c4N(c4ccc(C(CC)CCC)cc4)c4cc(C(C)CCCC)cc2c43)cc1. The van der Waals surface area contributed by atoms with Crippen LogP contribution in [0.15, 0.2) is 132 Å². The number of benzene rings is 7. The lowest BCUT2D eigenvalue weighted by atomic mass is 9.33. The molecule has 0 radical (unpaired) electrons. The standard InChI is InChI=1S/C65H73BN2O/c1-9-15-19-44(8)51-41-59-64-60(42-51)68(57-35-25-47(21-17-11-3)40-53(57)50-27-23-46(24-28-50)20-16-10-2)58-34-22-43(7)38-56(58)66(64)55-33-37-62-63(54-39-45(13-5)26-36-61(54)69-62)65(55)67(59)52-31-29-49(30-32-52)48(14-6)18-12-4/h22-42,44,48H,9-21H2,1-8H3. The summed E-state index contributed by atoms with van der Waals surface area (Å²) in [7, 11) is 0. The van der Waals surface area contributed by atoms with Crippen molar-refractivity contribution in [3.05, 3.63) is 161 Å². The van der Waals surface area contributed by atoms with Crippen LogP contribution in [0.25, 0.3) is 33.1 Å². The number of hydrogen-bond donors (Lipinski definition) is 0. The third-order valence-electron chi connectivity index (χ3n) is 15.8. The lowest BCUT2D eigenvalue weighted by Gasteiger charge is -2.45. The quantitative estimate of drug-likeness (QED) is 0.0800. The van der Waals surface area contributed by atoms with Gasteiger partial charge >= 0.3 is 0 Å². The number of fused-ring (bicyclic) bond motifs is 8. The third-order valence-corrected chi connectivity index (χ3v) is 15.8. The van der Waals surface area contributed by atoms with E-state index < -0.39 is 0 Å². The molecule has 3 nitrogen and oxygen atoms in total. The molecule has 0 amide bonds. The van der Waals surface area contributed by atoms with Crippen molar-refractivity contribution in [1.29, 1.82) is 0 Å². The fraction of sp³-hybridized carbons (Fsp3) is 0.354. The molecule has 0 saturated carbocycles. The summed E-state index contributed by atoms with van der Waals surface area (Å²) in [6.07, 6.45) is 15.0. The molecule has 0 N–H and O–H groups in total. The smallest absolute Gasteiger partial charge is 0.252 e. The highest BCUT2D eigenvalue weighted by molar-refractivity contribution is 7.00. The van der Waals surface area contributed by atoms with E-state index in [9.17, 15) is 0 Å². The predicted molar refractivity (Wildman–Crippen MR) is 300 cm³/mol. The Bertz CT molecular complexity index is 3100. The molecule has 7 aromatic carbocycles. The minimum Gasteiger partial charge on any atom is -0.456 e. The number of nitrogens with zero attached hydrogens (tertiary/aromatic N) is 2. The number of hydrogen-bond acceptors (Lipinski definition) is 3. The highest BCUT2D eigenvalue weighted by Crippen LogP contribution is 2.50. The van der Waals surface area contributed by atoms with E-state index in [0.29, 0.717) is 11.8 Å². The van der Waals surface area contributed by atoms with E-state index >= 15 is 0 Å². The van der Waals surface area contributed by atoms with Crippen LogP contribution in [0.5, 0.6) is 0 Å². The van der Waals surface area contributed by atoms with Crippen LogP contribution in [0.1, 0.15) is 158 Å². The first-order chi connectivity index (χ1) is 33.8. The van der Waals surface area contributed by atoms with Crippen molar-refractivity contribution in [1.82, 2.24) is 0 Å². The summed E-state index contributed by atoms with van der Waals surface area (Å²) in [6, 6.07) is 50.6. The Hall–Kier alpha value is -6.00. The van der Waals surface area contributed by atoms with Gasteiger partial charge in [0.25, 0.3) is 6.71 Å². The molecule has 10 rings (SSSR count). The molecular formula is C65H73BN2O. The summed E-state index contributed by atoms with van der Waals surface area (Å²) in [5, 5.41) is 2.41. The molecule has 0 bridgehead atoms. The van der Waals surface area contributed by atoms with E-state index in [0.717, 1.165) is 43.3 Å². The summed E-state index contributed by atoms with van der Waals surface area (Å²) in [4.78, 5) is 5.33. The van der Waals surface area contributed by atoms with Crippen molar-refractivity contribution >= 4 is 79.2 Å². The first kappa shape index (κ1) is 46.7. The second kappa shape index (κ2) is 20.2. The lowest BCUT2D eigenvalue weighted by molar-refractivity contribution is 0.596. The Labute approximate surface area is 414 Å². The summed E-state index contributed by atoms with van der Waals surface area (Å²) in [5.74, 6) is 0.929. The van der Waals surface area contributed by atoms with E-state index in [1.54, 1.807) is 0 Å².